The third kappa shape index (κ3) is 3.61. The standard InChI is InChI=1S/C13H7Cl3F3NO/c14-8-4-10(16)9(15)3-7(8)11-1-6(5-21)2-12(20-11)13(17,18)19/h1-4,21H,5H2. The summed E-state index contributed by atoms with van der Waals surface area (Å²) in [4.78, 5) is 3.53. The van der Waals surface area contributed by atoms with Crippen LogP contribution in [-0.2, 0) is 12.8 Å². The van der Waals surface area contributed by atoms with Gasteiger partial charge in [-0.1, -0.05) is 34.8 Å². The van der Waals surface area contributed by atoms with E-state index < -0.39 is 18.5 Å². The number of alkyl halides is 3. The lowest BCUT2D eigenvalue weighted by atomic mass is 10.1. The van der Waals surface area contributed by atoms with Crippen LogP contribution in [0.15, 0.2) is 24.3 Å². The molecule has 0 saturated carbocycles. The monoisotopic (exact) mass is 355 g/mol. The van der Waals surface area contributed by atoms with Gasteiger partial charge in [0.15, 0.2) is 0 Å². The van der Waals surface area contributed by atoms with E-state index in [9.17, 15) is 13.2 Å². The number of hydrogen-bond acceptors (Lipinski definition) is 2. The van der Waals surface area contributed by atoms with Crippen molar-refractivity contribution in [3.63, 3.8) is 0 Å². The molecule has 0 spiro atoms. The first-order valence-corrected chi connectivity index (χ1v) is 6.69. The molecule has 0 amide bonds. The van der Waals surface area contributed by atoms with Gasteiger partial charge < -0.3 is 5.11 Å². The molecule has 1 N–H and O–H groups in total. The number of aliphatic hydroxyl groups is 1. The van der Waals surface area contributed by atoms with Crippen molar-refractivity contribution in [3.8, 4) is 11.3 Å². The van der Waals surface area contributed by atoms with Crippen molar-refractivity contribution < 1.29 is 18.3 Å². The summed E-state index contributed by atoms with van der Waals surface area (Å²) in [5, 5.41) is 9.52. The van der Waals surface area contributed by atoms with Crippen LogP contribution < -0.4 is 0 Å². The van der Waals surface area contributed by atoms with Crippen LogP contribution in [0.3, 0.4) is 0 Å². The molecule has 8 heteroatoms. The van der Waals surface area contributed by atoms with Crippen molar-refractivity contribution >= 4 is 34.8 Å². The molecule has 0 bridgehead atoms. The number of nitrogens with zero attached hydrogens (tertiary/aromatic N) is 1. The van der Waals surface area contributed by atoms with E-state index >= 15 is 0 Å². The summed E-state index contributed by atoms with van der Waals surface area (Å²) < 4.78 is 38.5. The van der Waals surface area contributed by atoms with Gasteiger partial charge in [0.2, 0.25) is 0 Å². The molecule has 0 radical (unpaired) electrons. The summed E-state index contributed by atoms with van der Waals surface area (Å²) in [7, 11) is 0. The number of benzene rings is 1. The van der Waals surface area contributed by atoms with Crippen LogP contribution in [0, 0.1) is 0 Å². The van der Waals surface area contributed by atoms with Gasteiger partial charge in [-0.05, 0) is 29.8 Å². The highest BCUT2D eigenvalue weighted by Crippen LogP contribution is 2.36. The molecule has 0 atom stereocenters. The molecule has 0 unspecified atom stereocenters. The Morgan fingerprint density at radius 3 is 2.14 bits per heavy atom. The average molecular weight is 357 g/mol. The normalized spacial score (nSPS) is 11.8. The maximum absolute atomic E-state index is 12.8. The quantitative estimate of drug-likeness (QED) is 0.748. The fourth-order valence-corrected chi connectivity index (χ4v) is 2.32. The molecule has 0 aliphatic carbocycles. The molecule has 0 aliphatic rings. The van der Waals surface area contributed by atoms with Gasteiger partial charge in [-0.15, -0.1) is 0 Å². The molecular weight excluding hydrogens is 350 g/mol. The van der Waals surface area contributed by atoms with Crippen molar-refractivity contribution in [2.75, 3.05) is 0 Å². The van der Waals surface area contributed by atoms with Gasteiger partial charge in [-0.2, -0.15) is 13.2 Å². The molecule has 0 fully saturated rings. The highest BCUT2D eigenvalue weighted by Gasteiger charge is 2.33. The minimum Gasteiger partial charge on any atom is -0.392 e. The maximum Gasteiger partial charge on any atom is 0.433 e. The maximum atomic E-state index is 12.8. The molecule has 1 aromatic carbocycles. The lowest BCUT2D eigenvalue weighted by Crippen LogP contribution is -2.09. The molecule has 1 heterocycles. The fraction of sp³-hybridized carbons (Fsp3) is 0.154. The van der Waals surface area contributed by atoms with Gasteiger partial charge in [0.05, 0.1) is 27.4 Å². The smallest absolute Gasteiger partial charge is 0.392 e. The molecule has 2 nitrogen and oxygen atoms in total. The second-order valence-corrected chi connectivity index (χ2v) is 5.37. The van der Waals surface area contributed by atoms with E-state index in [0.717, 1.165) is 6.07 Å². The second kappa shape index (κ2) is 6.01. The van der Waals surface area contributed by atoms with E-state index in [1.807, 2.05) is 0 Å². The Bertz CT molecular complexity index is 689. The Balaban J connectivity index is 2.66. The predicted molar refractivity (Wildman–Crippen MR) is 75.6 cm³/mol. The molecule has 21 heavy (non-hydrogen) atoms. The van der Waals surface area contributed by atoms with Crippen molar-refractivity contribution in [3.05, 3.63) is 50.6 Å². The van der Waals surface area contributed by atoms with Crippen LogP contribution in [0.1, 0.15) is 11.3 Å². The van der Waals surface area contributed by atoms with Gasteiger partial charge >= 0.3 is 6.18 Å². The minimum atomic E-state index is -4.64. The Labute approximate surface area is 133 Å². The zero-order valence-electron chi connectivity index (χ0n) is 10.2. The van der Waals surface area contributed by atoms with E-state index in [4.69, 9.17) is 39.9 Å². The molecule has 0 aliphatic heterocycles. The van der Waals surface area contributed by atoms with E-state index in [1.165, 1.54) is 18.2 Å². The number of pyridine rings is 1. The van der Waals surface area contributed by atoms with E-state index in [0.29, 0.717) is 0 Å². The first kappa shape index (κ1) is 16.4. The van der Waals surface area contributed by atoms with E-state index in [-0.39, 0.29) is 31.9 Å². The predicted octanol–water partition coefficient (Wildman–Crippen LogP) is 5.22. The van der Waals surface area contributed by atoms with Crippen LogP contribution in [0.5, 0.6) is 0 Å². The van der Waals surface area contributed by atoms with Gasteiger partial charge in [0.25, 0.3) is 0 Å². The molecule has 2 aromatic rings. The number of aliphatic hydroxyl groups excluding tert-OH is 1. The molecule has 112 valence electrons. The number of hydrogen-bond donors (Lipinski definition) is 1. The molecule has 2 rings (SSSR count). The van der Waals surface area contributed by atoms with Crippen LogP contribution in [0.25, 0.3) is 11.3 Å². The zero-order chi connectivity index (χ0) is 15.8. The topological polar surface area (TPSA) is 33.1 Å². The summed E-state index contributed by atoms with van der Waals surface area (Å²) in [5.74, 6) is 0. The molecule has 1 aromatic heterocycles. The molecular formula is C13H7Cl3F3NO. The van der Waals surface area contributed by atoms with Gasteiger partial charge in [-0.25, -0.2) is 4.98 Å². The Morgan fingerprint density at radius 1 is 0.952 bits per heavy atom. The average Bonchev–Trinajstić information content (AvgIpc) is 2.41. The van der Waals surface area contributed by atoms with Crippen LogP contribution in [-0.4, -0.2) is 10.1 Å². The third-order valence-corrected chi connectivity index (χ3v) is 3.68. The number of aromatic nitrogens is 1. The summed E-state index contributed by atoms with van der Waals surface area (Å²) in [5.41, 5.74) is -0.898. The first-order valence-electron chi connectivity index (χ1n) is 5.56. The van der Waals surface area contributed by atoms with E-state index in [1.54, 1.807) is 0 Å². The SMILES string of the molecule is OCc1cc(-c2cc(Cl)c(Cl)cc2Cl)nc(C(F)(F)F)c1. The van der Waals surface area contributed by atoms with Crippen molar-refractivity contribution in [1.29, 1.82) is 0 Å². The largest absolute Gasteiger partial charge is 0.433 e. The fourth-order valence-electron chi connectivity index (χ4n) is 1.68. The van der Waals surface area contributed by atoms with Crippen LogP contribution in [0.2, 0.25) is 15.1 Å². The van der Waals surface area contributed by atoms with E-state index in [2.05, 4.69) is 4.98 Å². The van der Waals surface area contributed by atoms with Crippen molar-refractivity contribution in [2.24, 2.45) is 0 Å². The Hall–Kier alpha value is -1.01. The summed E-state index contributed by atoms with van der Waals surface area (Å²) >= 11 is 17.6. The van der Waals surface area contributed by atoms with Crippen LogP contribution >= 0.6 is 34.8 Å². The van der Waals surface area contributed by atoms with Crippen molar-refractivity contribution in [2.45, 2.75) is 12.8 Å². The number of rotatable bonds is 2. The number of halogens is 6. The Kier molecular flexibility index (Phi) is 4.68. The first-order chi connectivity index (χ1) is 9.72. The highest BCUT2D eigenvalue weighted by molar-refractivity contribution is 6.44. The third-order valence-electron chi connectivity index (χ3n) is 2.64. The Morgan fingerprint density at radius 2 is 1.57 bits per heavy atom. The van der Waals surface area contributed by atoms with Crippen molar-refractivity contribution in [1.82, 2.24) is 4.98 Å². The lowest BCUT2D eigenvalue weighted by molar-refractivity contribution is -0.141. The molecule has 0 saturated heterocycles. The summed E-state index contributed by atoms with van der Waals surface area (Å²) in [6.45, 7) is -0.558. The highest BCUT2D eigenvalue weighted by atomic mass is 35.5. The van der Waals surface area contributed by atoms with Gasteiger partial charge in [-0.3, -0.25) is 0 Å². The van der Waals surface area contributed by atoms with Gasteiger partial charge in [0, 0.05) is 5.56 Å². The summed E-state index contributed by atoms with van der Waals surface area (Å²) in [6, 6.07) is 4.73. The summed E-state index contributed by atoms with van der Waals surface area (Å²) in [6.07, 6.45) is -4.64. The zero-order valence-corrected chi connectivity index (χ0v) is 12.4. The van der Waals surface area contributed by atoms with Gasteiger partial charge in [0.1, 0.15) is 5.69 Å². The second-order valence-electron chi connectivity index (χ2n) is 4.15. The van der Waals surface area contributed by atoms with Crippen LogP contribution in [0.4, 0.5) is 13.2 Å². The minimum absolute atomic E-state index is 0.0440. The lowest BCUT2D eigenvalue weighted by Gasteiger charge is -2.12.